The predicted molar refractivity (Wildman–Crippen MR) is 62.1 cm³/mol. The van der Waals surface area contributed by atoms with Gasteiger partial charge in [0.15, 0.2) is 13.6 Å². The van der Waals surface area contributed by atoms with E-state index in [2.05, 4.69) is 9.47 Å². The summed E-state index contributed by atoms with van der Waals surface area (Å²) >= 11 is 0. The predicted octanol–water partition coefficient (Wildman–Crippen LogP) is 2.86. The van der Waals surface area contributed by atoms with E-state index in [4.69, 9.17) is 10.2 Å². The van der Waals surface area contributed by atoms with Gasteiger partial charge in [0.25, 0.3) is 0 Å². The van der Waals surface area contributed by atoms with Crippen LogP contribution in [0, 0.1) is 0 Å². The van der Waals surface area contributed by atoms with Gasteiger partial charge < -0.3 is 19.7 Å². The summed E-state index contributed by atoms with van der Waals surface area (Å²) in [7, 11) is 0. The summed E-state index contributed by atoms with van der Waals surface area (Å²) in [5, 5.41) is 15.7. The lowest BCUT2D eigenvalue weighted by Gasteiger charge is -1.97. The highest BCUT2D eigenvalue weighted by molar-refractivity contribution is 5.59. The summed E-state index contributed by atoms with van der Waals surface area (Å²) in [6, 6.07) is 0. The molecule has 0 saturated carbocycles. The Labute approximate surface area is 89.7 Å². The highest BCUT2D eigenvalue weighted by atomic mass is 16.8. The largest absolute Gasteiger partial charge is 0.512 e. The number of aliphatic hydroxyl groups is 2. The van der Waals surface area contributed by atoms with Crippen LogP contribution in [0.2, 0.25) is 0 Å². The lowest BCUT2D eigenvalue weighted by molar-refractivity contribution is -0.0389. The Kier molecular flexibility index (Phi) is 146. The molecule has 0 saturated heterocycles. The Hall–Kier alpha value is -0.810. The number of carbonyl (C=O) groups is 1. The Morgan fingerprint density at radius 1 is 0.786 bits per heavy atom. The summed E-state index contributed by atoms with van der Waals surface area (Å²) in [5.41, 5.74) is 0. The van der Waals surface area contributed by atoms with Crippen molar-refractivity contribution in [3.05, 3.63) is 0 Å². The average Bonchev–Trinajstić information content (AvgIpc) is 1.68. The molecule has 96 valence electrons. The van der Waals surface area contributed by atoms with Crippen molar-refractivity contribution in [2.75, 3.05) is 13.6 Å². The van der Waals surface area contributed by atoms with E-state index >= 15 is 0 Å². The van der Waals surface area contributed by atoms with E-state index in [1.165, 1.54) is 0 Å². The molecule has 5 heteroatoms. The number of carbonyl (C=O) groups excluding carboxylic acids is 1. The normalized spacial score (nSPS) is 4.71. The van der Waals surface area contributed by atoms with Gasteiger partial charge in [0.05, 0.1) is 0 Å². The molecule has 14 heavy (non-hydrogen) atoms. The third kappa shape index (κ3) is 43.1. The zero-order chi connectivity index (χ0) is 6.41. The van der Waals surface area contributed by atoms with E-state index in [1.807, 2.05) is 0 Å². The van der Waals surface area contributed by atoms with Gasteiger partial charge in [-0.3, -0.25) is 0 Å². The molecule has 0 aromatic carbocycles. The Balaban J connectivity index is -0.0000000163. The minimum absolute atomic E-state index is 0. The van der Waals surface area contributed by atoms with Crippen LogP contribution in [0.15, 0.2) is 0 Å². The molecule has 0 rings (SSSR count). The quantitative estimate of drug-likeness (QED) is 0.550. The zero-order valence-corrected chi connectivity index (χ0v) is 4.03. The standard InChI is InChI=1S/C3H6O5.6CH4/c4-1-7-3(6)8-2-5;;;;;;/h4-5H,1-2H2;6*1H4. The fraction of sp³-hybridized carbons (Fsp3) is 0.889. The van der Waals surface area contributed by atoms with E-state index in [-0.39, 0.29) is 44.6 Å². The van der Waals surface area contributed by atoms with Gasteiger partial charge in [0.1, 0.15) is 0 Å². The molecule has 0 aromatic heterocycles. The third-order valence-electron chi connectivity index (χ3n) is 0.365. The minimum atomic E-state index is -1.09. The first-order chi connectivity index (χ1) is 3.81. The Bertz CT molecular complexity index is 67.6. The van der Waals surface area contributed by atoms with Gasteiger partial charge in [-0.25, -0.2) is 4.79 Å². The first-order valence-corrected chi connectivity index (χ1v) is 1.82. The summed E-state index contributed by atoms with van der Waals surface area (Å²) < 4.78 is 7.63. The molecule has 0 spiro atoms. The van der Waals surface area contributed by atoms with Crippen LogP contribution in [0.5, 0.6) is 0 Å². The maximum atomic E-state index is 9.88. The fourth-order valence-electron chi connectivity index (χ4n) is 0.147. The van der Waals surface area contributed by atoms with Crippen molar-refractivity contribution in [2.45, 2.75) is 44.6 Å². The average molecular weight is 218 g/mol. The van der Waals surface area contributed by atoms with Crippen LogP contribution in [-0.2, 0) is 9.47 Å². The molecular formula is C9H30O5. The van der Waals surface area contributed by atoms with E-state index < -0.39 is 19.7 Å². The molecule has 0 aliphatic carbocycles. The second-order valence-corrected chi connectivity index (χ2v) is 0.797. The van der Waals surface area contributed by atoms with E-state index in [0.717, 1.165) is 0 Å². The van der Waals surface area contributed by atoms with Crippen molar-refractivity contribution >= 4 is 6.16 Å². The molecule has 0 radical (unpaired) electrons. The Morgan fingerprint density at radius 3 is 1.14 bits per heavy atom. The van der Waals surface area contributed by atoms with Gasteiger partial charge in [0.2, 0.25) is 0 Å². The first kappa shape index (κ1) is 51.2. The third-order valence-corrected chi connectivity index (χ3v) is 0.365. The van der Waals surface area contributed by atoms with Gasteiger partial charge >= 0.3 is 6.16 Å². The topological polar surface area (TPSA) is 76.0 Å². The second kappa shape index (κ2) is 39.8. The molecule has 0 heterocycles. The number of aliphatic hydroxyl groups excluding tert-OH is 2. The van der Waals surface area contributed by atoms with Crippen LogP contribution in [0.1, 0.15) is 44.6 Å². The van der Waals surface area contributed by atoms with Crippen LogP contribution >= 0.6 is 0 Å². The van der Waals surface area contributed by atoms with Crippen molar-refractivity contribution in [1.82, 2.24) is 0 Å². The molecule has 0 amide bonds. The molecule has 0 aliphatic heterocycles. The number of hydrogen-bond donors (Lipinski definition) is 2. The van der Waals surface area contributed by atoms with Gasteiger partial charge in [0, 0.05) is 0 Å². The molecule has 5 nitrogen and oxygen atoms in total. The van der Waals surface area contributed by atoms with E-state index in [1.54, 1.807) is 0 Å². The summed E-state index contributed by atoms with van der Waals surface area (Å²) in [5.74, 6) is 0. The second-order valence-electron chi connectivity index (χ2n) is 0.797. The van der Waals surface area contributed by atoms with Crippen molar-refractivity contribution < 1.29 is 24.5 Å². The molecule has 0 aliphatic rings. The minimum Gasteiger partial charge on any atom is -0.407 e. The van der Waals surface area contributed by atoms with Crippen LogP contribution in [0.25, 0.3) is 0 Å². The monoisotopic (exact) mass is 218 g/mol. The van der Waals surface area contributed by atoms with Crippen molar-refractivity contribution in [1.29, 1.82) is 0 Å². The molecule has 0 atom stereocenters. The number of hydrogen-bond acceptors (Lipinski definition) is 5. The summed E-state index contributed by atoms with van der Waals surface area (Å²) in [4.78, 5) is 9.88. The maximum absolute atomic E-state index is 9.88. The van der Waals surface area contributed by atoms with E-state index in [9.17, 15) is 4.79 Å². The van der Waals surface area contributed by atoms with Crippen molar-refractivity contribution in [2.24, 2.45) is 0 Å². The molecule has 0 fully saturated rings. The SMILES string of the molecule is C.C.C.C.C.C.O=C(OCO)OCO. The molecule has 0 unspecified atom stereocenters. The zero-order valence-electron chi connectivity index (χ0n) is 4.03. The van der Waals surface area contributed by atoms with Crippen LogP contribution in [-0.4, -0.2) is 30.0 Å². The molecule has 2 N–H and O–H groups in total. The molecular weight excluding hydrogens is 188 g/mol. The summed E-state index contributed by atoms with van der Waals surface area (Å²) in [6.07, 6.45) is -1.09. The van der Waals surface area contributed by atoms with Crippen molar-refractivity contribution in [3.8, 4) is 0 Å². The van der Waals surface area contributed by atoms with Gasteiger partial charge in [-0.05, 0) is 0 Å². The van der Waals surface area contributed by atoms with Crippen LogP contribution in [0.4, 0.5) is 4.79 Å². The van der Waals surface area contributed by atoms with Crippen LogP contribution in [0.3, 0.4) is 0 Å². The number of ether oxygens (including phenoxy) is 2. The smallest absolute Gasteiger partial charge is 0.407 e. The lowest BCUT2D eigenvalue weighted by atomic mass is 11.2. The first-order valence-electron chi connectivity index (χ1n) is 1.82. The lowest BCUT2D eigenvalue weighted by Crippen LogP contribution is -2.08. The van der Waals surface area contributed by atoms with Gasteiger partial charge in [-0.15, -0.1) is 0 Å². The highest BCUT2D eigenvalue weighted by Gasteiger charge is 1.97. The summed E-state index contributed by atoms with van der Waals surface area (Å²) in [6.45, 7) is -1.47. The van der Waals surface area contributed by atoms with Gasteiger partial charge in [-0.2, -0.15) is 0 Å². The van der Waals surface area contributed by atoms with Crippen LogP contribution < -0.4 is 0 Å². The molecule has 0 bridgehead atoms. The van der Waals surface area contributed by atoms with Gasteiger partial charge in [-0.1, -0.05) is 44.6 Å². The van der Waals surface area contributed by atoms with E-state index in [0.29, 0.717) is 0 Å². The highest BCUT2D eigenvalue weighted by Crippen LogP contribution is 1.79. The maximum Gasteiger partial charge on any atom is 0.512 e. The fourth-order valence-corrected chi connectivity index (χ4v) is 0.147. The van der Waals surface area contributed by atoms with Crippen molar-refractivity contribution in [3.63, 3.8) is 0 Å². The molecule has 0 aromatic rings. The number of rotatable bonds is 2. The Morgan fingerprint density at radius 2 is 1.00 bits per heavy atom.